The van der Waals surface area contributed by atoms with Crippen molar-refractivity contribution in [2.45, 2.75) is 12.5 Å². The van der Waals surface area contributed by atoms with E-state index in [4.69, 9.17) is 11.6 Å². The Balaban J connectivity index is 2.29. The van der Waals surface area contributed by atoms with Crippen molar-refractivity contribution in [1.29, 1.82) is 0 Å². The van der Waals surface area contributed by atoms with Crippen LogP contribution in [-0.2, 0) is 0 Å². The fraction of sp³-hybridized carbons (Fsp3) is 0.667. The van der Waals surface area contributed by atoms with Gasteiger partial charge in [-0.25, -0.2) is 0 Å². The summed E-state index contributed by atoms with van der Waals surface area (Å²) in [5.41, 5.74) is 0. The maximum atomic E-state index is 5.83. The number of rotatable bonds is 0. The zero-order valence-electron chi connectivity index (χ0n) is 4.52. The predicted molar refractivity (Wildman–Crippen MR) is 33.8 cm³/mol. The molecule has 1 N–H and O–H groups in total. The van der Waals surface area contributed by atoms with Gasteiger partial charge in [-0.15, -0.1) is 0 Å². The van der Waals surface area contributed by atoms with Gasteiger partial charge < -0.3 is 5.32 Å². The van der Waals surface area contributed by atoms with E-state index in [1.807, 2.05) is 0 Å². The normalized spacial score (nSPS) is 42.9. The van der Waals surface area contributed by atoms with Crippen LogP contribution in [0.4, 0.5) is 0 Å². The monoisotopic (exact) mass is 129 g/mol. The molecular weight excluding hydrogens is 122 g/mol. The minimum atomic E-state index is 0.604. The lowest BCUT2D eigenvalue weighted by molar-refractivity contribution is 0.706. The summed E-state index contributed by atoms with van der Waals surface area (Å²) in [6.45, 7) is 1.10. The molecule has 2 aliphatic rings. The summed E-state index contributed by atoms with van der Waals surface area (Å²) in [6.07, 6.45) is 3.36. The highest BCUT2D eigenvalue weighted by Crippen LogP contribution is 2.32. The second-order valence-electron chi connectivity index (χ2n) is 2.50. The van der Waals surface area contributed by atoms with E-state index in [1.54, 1.807) is 0 Å². The molecule has 1 fully saturated rings. The average Bonchev–Trinajstić information content (AvgIpc) is 2.23. The summed E-state index contributed by atoms with van der Waals surface area (Å²) in [4.78, 5) is 0. The Morgan fingerprint density at radius 3 is 2.88 bits per heavy atom. The van der Waals surface area contributed by atoms with Gasteiger partial charge in [-0.05, 0) is 6.42 Å². The molecule has 0 amide bonds. The standard InChI is InChI=1S/C6H8ClN/c7-6-2-5-1-4(6)3-8-5/h2,4-5,8H,1,3H2. The number of hydrogen-bond donors (Lipinski definition) is 1. The van der Waals surface area contributed by atoms with E-state index in [2.05, 4.69) is 11.4 Å². The Labute approximate surface area is 53.7 Å². The summed E-state index contributed by atoms with van der Waals surface area (Å²) in [6, 6.07) is 0.604. The number of hydrogen-bond acceptors (Lipinski definition) is 1. The molecular formula is C6H8ClN. The van der Waals surface area contributed by atoms with E-state index in [9.17, 15) is 0 Å². The van der Waals surface area contributed by atoms with Gasteiger partial charge in [-0.3, -0.25) is 0 Å². The third kappa shape index (κ3) is 0.517. The zero-order chi connectivity index (χ0) is 5.56. The molecule has 0 spiro atoms. The highest BCUT2D eigenvalue weighted by Gasteiger charge is 2.30. The molecule has 1 heterocycles. The third-order valence-corrected chi connectivity index (χ3v) is 2.35. The summed E-state index contributed by atoms with van der Waals surface area (Å²) in [7, 11) is 0. The maximum absolute atomic E-state index is 5.83. The number of nitrogens with one attached hydrogen (secondary N) is 1. The predicted octanol–water partition coefficient (Wildman–Crippen LogP) is 1.10. The third-order valence-electron chi connectivity index (χ3n) is 1.92. The first-order chi connectivity index (χ1) is 3.86. The van der Waals surface area contributed by atoms with Crippen LogP contribution in [0.1, 0.15) is 6.42 Å². The van der Waals surface area contributed by atoms with Gasteiger partial charge in [0.2, 0.25) is 0 Å². The van der Waals surface area contributed by atoms with E-state index in [1.165, 1.54) is 6.42 Å². The molecule has 44 valence electrons. The van der Waals surface area contributed by atoms with E-state index in [0.29, 0.717) is 12.0 Å². The molecule has 2 heteroatoms. The molecule has 1 aliphatic heterocycles. The fourth-order valence-corrected chi connectivity index (χ4v) is 1.75. The quantitative estimate of drug-likeness (QED) is 0.517. The van der Waals surface area contributed by atoms with Gasteiger partial charge in [0.15, 0.2) is 0 Å². The van der Waals surface area contributed by atoms with Gasteiger partial charge in [-0.1, -0.05) is 17.7 Å². The van der Waals surface area contributed by atoms with Crippen LogP contribution in [0.3, 0.4) is 0 Å². The van der Waals surface area contributed by atoms with Crippen LogP contribution in [0.5, 0.6) is 0 Å². The SMILES string of the molecule is ClC1=CC2CC1CN2. The topological polar surface area (TPSA) is 12.0 Å². The fourth-order valence-electron chi connectivity index (χ4n) is 1.43. The van der Waals surface area contributed by atoms with E-state index >= 15 is 0 Å². The Kier molecular flexibility index (Phi) is 0.897. The first-order valence-electron chi connectivity index (χ1n) is 2.97. The molecule has 2 atom stereocenters. The maximum Gasteiger partial charge on any atom is 0.0271 e. The Morgan fingerprint density at radius 2 is 2.62 bits per heavy atom. The Hall–Kier alpha value is -0.0100. The minimum absolute atomic E-state index is 0.604. The number of fused-ring (bicyclic) bond motifs is 2. The van der Waals surface area contributed by atoms with Gasteiger partial charge in [0.1, 0.15) is 0 Å². The molecule has 2 rings (SSSR count). The van der Waals surface area contributed by atoms with E-state index < -0.39 is 0 Å². The second-order valence-corrected chi connectivity index (χ2v) is 2.94. The molecule has 0 aromatic rings. The molecule has 0 aromatic carbocycles. The molecule has 1 saturated heterocycles. The highest BCUT2D eigenvalue weighted by atomic mass is 35.5. The van der Waals surface area contributed by atoms with Crippen molar-refractivity contribution < 1.29 is 0 Å². The summed E-state index contributed by atoms with van der Waals surface area (Å²) >= 11 is 5.83. The van der Waals surface area contributed by atoms with Gasteiger partial charge in [0.05, 0.1) is 0 Å². The smallest absolute Gasteiger partial charge is 0.0271 e. The lowest BCUT2D eigenvalue weighted by atomic mass is 10.2. The van der Waals surface area contributed by atoms with Crippen molar-refractivity contribution >= 4 is 11.6 Å². The van der Waals surface area contributed by atoms with Crippen LogP contribution < -0.4 is 5.32 Å². The highest BCUT2D eigenvalue weighted by molar-refractivity contribution is 6.30. The average molecular weight is 130 g/mol. The largest absolute Gasteiger partial charge is 0.310 e. The van der Waals surface area contributed by atoms with E-state index in [-0.39, 0.29) is 0 Å². The van der Waals surface area contributed by atoms with E-state index in [0.717, 1.165) is 11.6 Å². The van der Waals surface area contributed by atoms with Gasteiger partial charge >= 0.3 is 0 Å². The molecule has 1 nitrogen and oxygen atoms in total. The van der Waals surface area contributed by atoms with Gasteiger partial charge in [-0.2, -0.15) is 0 Å². The Morgan fingerprint density at radius 1 is 1.75 bits per heavy atom. The lowest BCUT2D eigenvalue weighted by Gasteiger charge is -2.05. The van der Waals surface area contributed by atoms with Crippen LogP contribution in [0, 0.1) is 5.92 Å². The van der Waals surface area contributed by atoms with Crippen molar-refractivity contribution in [3.63, 3.8) is 0 Å². The minimum Gasteiger partial charge on any atom is -0.310 e. The van der Waals surface area contributed by atoms with Crippen LogP contribution in [-0.4, -0.2) is 12.6 Å². The molecule has 2 unspecified atom stereocenters. The van der Waals surface area contributed by atoms with Crippen molar-refractivity contribution in [2.24, 2.45) is 5.92 Å². The van der Waals surface area contributed by atoms with Crippen LogP contribution in [0.15, 0.2) is 11.1 Å². The van der Waals surface area contributed by atoms with Crippen molar-refractivity contribution in [2.75, 3.05) is 6.54 Å². The molecule has 8 heavy (non-hydrogen) atoms. The molecule has 0 radical (unpaired) electrons. The second kappa shape index (κ2) is 1.49. The van der Waals surface area contributed by atoms with Gasteiger partial charge in [0, 0.05) is 23.5 Å². The molecule has 0 aromatic heterocycles. The molecule has 2 bridgehead atoms. The Bertz CT molecular complexity index is 141. The summed E-state index contributed by atoms with van der Waals surface area (Å²) in [5.74, 6) is 0.654. The van der Waals surface area contributed by atoms with Crippen molar-refractivity contribution in [3.05, 3.63) is 11.1 Å². The first kappa shape index (κ1) is 4.83. The molecule has 1 aliphatic carbocycles. The van der Waals surface area contributed by atoms with Crippen LogP contribution in [0.25, 0.3) is 0 Å². The first-order valence-corrected chi connectivity index (χ1v) is 3.34. The zero-order valence-corrected chi connectivity index (χ0v) is 5.28. The van der Waals surface area contributed by atoms with Crippen molar-refractivity contribution in [3.8, 4) is 0 Å². The van der Waals surface area contributed by atoms with Crippen molar-refractivity contribution in [1.82, 2.24) is 5.32 Å². The summed E-state index contributed by atoms with van der Waals surface area (Å²) in [5, 5.41) is 4.40. The summed E-state index contributed by atoms with van der Waals surface area (Å²) < 4.78 is 0. The van der Waals surface area contributed by atoms with Crippen LogP contribution >= 0.6 is 11.6 Å². The number of halogens is 1. The van der Waals surface area contributed by atoms with Crippen LogP contribution in [0.2, 0.25) is 0 Å². The van der Waals surface area contributed by atoms with Gasteiger partial charge in [0.25, 0.3) is 0 Å². The molecule has 0 saturated carbocycles. The lowest BCUT2D eigenvalue weighted by Crippen LogP contribution is -2.21.